The molecule has 46 heavy (non-hydrogen) atoms. The minimum Gasteiger partial charge on any atom is -0.455 e. The predicted octanol–water partition coefficient (Wildman–Crippen LogP) is 10.8. The molecule has 0 fully saturated rings. The Hall–Kier alpha value is -5.71. The average molecular weight is 608 g/mol. The van der Waals surface area contributed by atoms with Crippen LogP contribution >= 0.6 is 0 Å². The molecule has 0 atom stereocenters. The third kappa shape index (κ3) is 3.56. The topological polar surface area (TPSA) is 23.0 Å². The first-order valence-corrected chi connectivity index (χ1v) is 16.0. The Labute approximate surface area is 269 Å². The summed E-state index contributed by atoms with van der Waals surface area (Å²) in [6.07, 6.45) is 0. The fourth-order valence-electron chi connectivity index (χ4n) is 7.45. The molecule has 0 spiro atoms. The van der Waals surface area contributed by atoms with E-state index in [9.17, 15) is 0 Å². The number of aromatic nitrogens is 2. The molecule has 0 saturated heterocycles. The van der Waals surface area contributed by atoms with E-state index in [0.29, 0.717) is 0 Å². The summed E-state index contributed by atoms with van der Waals surface area (Å²) in [6.45, 7) is 0. The molecular weight excluding hydrogens is 581 g/mol. The molecule has 3 nitrogen and oxygen atoms in total. The fourth-order valence-corrected chi connectivity index (χ4v) is 7.62. The molecule has 3 aromatic heterocycles. The van der Waals surface area contributed by atoms with Crippen LogP contribution in [0.1, 0.15) is 0 Å². The average Bonchev–Trinajstić information content (AvgIpc) is 3.76. The van der Waals surface area contributed by atoms with E-state index in [0.717, 1.165) is 49.3 Å². The maximum absolute atomic E-state index is 6.36. The Morgan fingerprint density at radius 1 is 0.413 bits per heavy atom. The van der Waals surface area contributed by atoms with Gasteiger partial charge < -0.3 is 13.6 Å². The number of benzene rings is 7. The smallest absolute Gasteiger partial charge is 0.150 e. The molecule has 0 saturated carbocycles. The molecule has 216 valence electrons. The second-order valence-electron chi connectivity index (χ2n) is 11.9. The van der Waals surface area contributed by atoms with Crippen molar-refractivity contribution >= 4 is 78.2 Å². The van der Waals surface area contributed by atoms with E-state index < -0.39 is 0 Å². The summed E-state index contributed by atoms with van der Waals surface area (Å²) >= 11 is 3.67. The SMILES string of the molecule is [SH2+]c1ccc(-n2c3ccccc3c3c4c5ccccc5n(-c5ccc(-c6cccc7c6oc6ccccc67)cc5)c4ccc32)cc1. The molecule has 0 aliphatic heterocycles. The summed E-state index contributed by atoms with van der Waals surface area (Å²) in [5, 5.41) is 7.34. The van der Waals surface area contributed by atoms with E-state index in [4.69, 9.17) is 4.42 Å². The highest BCUT2D eigenvalue weighted by molar-refractivity contribution is 7.58. The number of furan rings is 1. The highest BCUT2D eigenvalue weighted by atomic mass is 32.1. The van der Waals surface area contributed by atoms with Crippen molar-refractivity contribution in [1.82, 2.24) is 9.13 Å². The van der Waals surface area contributed by atoms with Gasteiger partial charge in [0.05, 0.1) is 22.1 Å². The van der Waals surface area contributed by atoms with Crippen LogP contribution in [0.2, 0.25) is 0 Å². The molecule has 7 aromatic carbocycles. The summed E-state index contributed by atoms with van der Waals surface area (Å²) in [4.78, 5) is 1.07. The van der Waals surface area contributed by atoms with Gasteiger partial charge in [0.25, 0.3) is 0 Å². The molecular formula is C42H27N2OS+. The molecule has 3 heterocycles. The van der Waals surface area contributed by atoms with E-state index in [1.165, 1.54) is 43.6 Å². The van der Waals surface area contributed by atoms with Gasteiger partial charge in [0.2, 0.25) is 0 Å². The molecule has 0 radical (unpaired) electrons. The van der Waals surface area contributed by atoms with Gasteiger partial charge in [-0.2, -0.15) is 0 Å². The largest absolute Gasteiger partial charge is 0.455 e. The van der Waals surface area contributed by atoms with E-state index in [1.807, 2.05) is 12.1 Å². The second-order valence-corrected chi connectivity index (χ2v) is 12.5. The third-order valence-corrected chi connectivity index (χ3v) is 9.77. The molecule has 0 aliphatic rings. The molecule has 0 amide bonds. The number of rotatable bonds is 3. The molecule has 0 N–H and O–H groups in total. The maximum Gasteiger partial charge on any atom is 0.150 e. The van der Waals surface area contributed by atoms with Gasteiger partial charge >= 0.3 is 0 Å². The predicted molar refractivity (Wildman–Crippen MR) is 196 cm³/mol. The van der Waals surface area contributed by atoms with Gasteiger partial charge in [-0.25, -0.2) is 0 Å². The second kappa shape index (κ2) is 9.64. The lowest BCUT2D eigenvalue weighted by Gasteiger charge is -2.10. The van der Waals surface area contributed by atoms with Crippen LogP contribution in [0.5, 0.6) is 0 Å². The van der Waals surface area contributed by atoms with Crippen molar-refractivity contribution < 1.29 is 4.42 Å². The lowest BCUT2D eigenvalue weighted by atomic mass is 10.0. The van der Waals surface area contributed by atoms with Crippen LogP contribution in [0.15, 0.2) is 161 Å². The summed E-state index contributed by atoms with van der Waals surface area (Å²) in [6, 6.07) is 54.2. The minimum atomic E-state index is 0.916. The first-order valence-electron chi connectivity index (χ1n) is 15.5. The lowest BCUT2D eigenvalue weighted by molar-refractivity contribution is 0.670. The van der Waals surface area contributed by atoms with Crippen LogP contribution in [0.3, 0.4) is 0 Å². The first kappa shape index (κ1) is 25.6. The van der Waals surface area contributed by atoms with E-state index in [2.05, 4.69) is 161 Å². The van der Waals surface area contributed by atoms with Crippen molar-refractivity contribution in [2.24, 2.45) is 0 Å². The van der Waals surface area contributed by atoms with Gasteiger partial charge in [0.1, 0.15) is 16.1 Å². The zero-order valence-electron chi connectivity index (χ0n) is 24.7. The van der Waals surface area contributed by atoms with Crippen molar-refractivity contribution in [3.63, 3.8) is 0 Å². The Bertz CT molecular complexity index is 2800. The van der Waals surface area contributed by atoms with Gasteiger partial charge in [0.15, 0.2) is 0 Å². The Morgan fingerprint density at radius 2 is 0.935 bits per heavy atom. The zero-order chi connectivity index (χ0) is 30.4. The lowest BCUT2D eigenvalue weighted by Crippen LogP contribution is -1.95. The molecule has 0 unspecified atom stereocenters. The number of hydrogen-bond donors (Lipinski definition) is 0. The summed E-state index contributed by atoms with van der Waals surface area (Å²) in [7, 11) is 0. The highest BCUT2D eigenvalue weighted by Crippen LogP contribution is 2.43. The molecule has 10 aromatic rings. The van der Waals surface area contributed by atoms with Gasteiger partial charge in [0, 0.05) is 49.3 Å². The van der Waals surface area contributed by atoms with E-state index in [1.54, 1.807) is 0 Å². The zero-order valence-corrected chi connectivity index (χ0v) is 25.7. The van der Waals surface area contributed by atoms with Crippen LogP contribution < -0.4 is 0 Å². The Balaban J connectivity index is 1.21. The van der Waals surface area contributed by atoms with Crippen molar-refractivity contribution in [2.75, 3.05) is 0 Å². The summed E-state index contributed by atoms with van der Waals surface area (Å²) < 4.78 is 11.2. The van der Waals surface area contributed by atoms with E-state index in [-0.39, 0.29) is 0 Å². The summed E-state index contributed by atoms with van der Waals surface area (Å²) in [5.74, 6) is 0. The van der Waals surface area contributed by atoms with Crippen molar-refractivity contribution in [2.45, 2.75) is 4.90 Å². The molecule has 4 heteroatoms. The van der Waals surface area contributed by atoms with Crippen LogP contribution in [0.4, 0.5) is 0 Å². The number of para-hydroxylation sites is 4. The molecule has 10 rings (SSSR count). The van der Waals surface area contributed by atoms with Crippen molar-refractivity contribution in [1.29, 1.82) is 0 Å². The van der Waals surface area contributed by atoms with Gasteiger partial charge in [-0.05, 0) is 84.9 Å². The number of fused-ring (bicyclic) bond motifs is 10. The number of nitrogens with zero attached hydrogens (tertiary/aromatic N) is 2. The van der Waals surface area contributed by atoms with Gasteiger partial charge in [-0.1, -0.05) is 84.9 Å². The monoisotopic (exact) mass is 607 g/mol. The Morgan fingerprint density at radius 3 is 1.57 bits per heavy atom. The molecule has 0 aliphatic carbocycles. The van der Waals surface area contributed by atoms with Gasteiger partial charge in [-0.15, -0.1) is 0 Å². The first-order chi connectivity index (χ1) is 22.7. The fraction of sp³-hybridized carbons (Fsp3) is 0. The van der Waals surface area contributed by atoms with Gasteiger partial charge in [-0.3, -0.25) is 0 Å². The highest BCUT2D eigenvalue weighted by Gasteiger charge is 2.20. The quantitative estimate of drug-likeness (QED) is 0.183. The standard InChI is InChI=1S/C42H26N2OS/c46-29-22-20-28(21-23-29)44-36-14-5-2-10-34(36)41-38(44)25-24-37-40(41)33-9-1-4-13-35(33)43(37)27-18-16-26(17-19-27)30-11-7-12-32-31-8-3-6-15-39(31)45-42(30)32/h1-25,46H/p+1. The van der Waals surface area contributed by atoms with Crippen LogP contribution in [-0.4, -0.2) is 9.13 Å². The Kier molecular flexibility index (Phi) is 5.37. The third-order valence-electron chi connectivity index (χ3n) is 9.44. The number of hydrogen-bond acceptors (Lipinski definition) is 1. The summed E-state index contributed by atoms with van der Waals surface area (Å²) in [5.41, 5.74) is 11.1. The van der Waals surface area contributed by atoms with Crippen molar-refractivity contribution in [3.05, 3.63) is 152 Å². The molecule has 0 bridgehead atoms. The minimum absolute atomic E-state index is 0.916. The van der Waals surface area contributed by atoms with Crippen LogP contribution in [0, 0.1) is 0 Å². The van der Waals surface area contributed by atoms with Crippen molar-refractivity contribution in [3.8, 4) is 22.5 Å². The van der Waals surface area contributed by atoms with Crippen LogP contribution in [-0.2, 0) is 12.6 Å². The maximum atomic E-state index is 6.36. The van der Waals surface area contributed by atoms with E-state index >= 15 is 0 Å². The van der Waals surface area contributed by atoms with Crippen LogP contribution in [0.25, 0.3) is 88.1 Å². The normalized spacial score (nSPS) is 12.0.